The molecule has 1 aliphatic carbocycles. The third-order valence-corrected chi connectivity index (χ3v) is 6.94. The molecular weight excluding hydrogens is 398 g/mol. The summed E-state index contributed by atoms with van der Waals surface area (Å²) < 4.78 is 5.83. The molecule has 2 aromatic rings. The van der Waals surface area contributed by atoms with Gasteiger partial charge in [0.15, 0.2) is 0 Å². The van der Waals surface area contributed by atoms with Crippen LogP contribution in [0.3, 0.4) is 0 Å². The second-order valence-electron chi connectivity index (χ2n) is 9.78. The Bertz CT molecular complexity index is 934. The summed E-state index contributed by atoms with van der Waals surface area (Å²) in [5, 5.41) is 3.47. The highest BCUT2D eigenvalue weighted by Crippen LogP contribution is 2.40. The molecule has 5 nitrogen and oxygen atoms in total. The van der Waals surface area contributed by atoms with Crippen molar-refractivity contribution < 1.29 is 9.53 Å². The van der Waals surface area contributed by atoms with Gasteiger partial charge in [-0.15, -0.1) is 0 Å². The van der Waals surface area contributed by atoms with Crippen molar-refractivity contribution in [2.24, 2.45) is 17.8 Å². The van der Waals surface area contributed by atoms with Crippen molar-refractivity contribution in [3.8, 4) is 0 Å². The second-order valence-corrected chi connectivity index (χ2v) is 9.78. The standard InChI is InChI=1S/C27H37N3O2/c1-5-32-19(4)22-12-13-24-25(16-22)30(17-23-7-6-14-28-26(23)29-24)27(31)21-10-8-20(9-11-21)15-18(2)3/h6-7,12-14,16,18-21H,5,8-11,15,17H2,1-4H3,(H,28,29)/t19?,20-,21-. The third kappa shape index (κ3) is 4.98. The second kappa shape index (κ2) is 10.0. The van der Waals surface area contributed by atoms with Gasteiger partial charge in [-0.3, -0.25) is 4.79 Å². The van der Waals surface area contributed by atoms with Crippen LogP contribution < -0.4 is 10.2 Å². The highest BCUT2D eigenvalue weighted by atomic mass is 16.5. The number of aromatic nitrogens is 1. The van der Waals surface area contributed by atoms with Crippen molar-refractivity contribution in [3.05, 3.63) is 47.7 Å². The van der Waals surface area contributed by atoms with Crippen LogP contribution in [-0.2, 0) is 16.1 Å². The van der Waals surface area contributed by atoms with E-state index in [1.165, 1.54) is 6.42 Å². The van der Waals surface area contributed by atoms with E-state index in [1.807, 2.05) is 17.9 Å². The summed E-state index contributed by atoms with van der Waals surface area (Å²) in [6, 6.07) is 10.3. The minimum atomic E-state index is -0.0162. The predicted molar refractivity (Wildman–Crippen MR) is 130 cm³/mol. The molecule has 2 heterocycles. The lowest BCUT2D eigenvalue weighted by Gasteiger charge is -2.33. The molecule has 1 aromatic heterocycles. The molecule has 1 unspecified atom stereocenters. The van der Waals surface area contributed by atoms with Crippen LogP contribution in [0.4, 0.5) is 17.2 Å². The lowest BCUT2D eigenvalue weighted by molar-refractivity contribution is -0.123. The fourth-order valence-electron chi connectivity index (χ4n) is 5.27. The Hall–Kier alpha value is -2.40. The van der Waals surface area contributed by atoms with Gasteiger partial charge in [0.1, 0.15) is 5.82 Å². The number of carbonyl (C=O) groups is 1. The first-order valence-electron chi connectivity index (χ1n) is 12.2. The van der Waals surface area contributed by atoms with Crippen LogP contribution in [0.5, 0.6) is 0 Å². The number of nitrogens with zero attached hydrogens (tertiary/aromatic N) is 2. The molecule has 1 atom stereocenters. The molecule has 1 fully saturated rings. The molecule has 172 valence electrons. The van der Waals surface area contributed by atoms with E-state index >= 15 is 0 Å². The first-order chi connectivity index (χ1) is 15.5. The van der Waals surface area contributed by atoms with Gasteiger partial charge in [0, 0.05) is 24.3 Å². The van der Waals surface area contributed by atoms with Crippen LogP contribution in [0.1, 0.15) is 77.0 Å². The molecule has 32 heavy (non-hydrogen) atoms. The lowest BCUT2D eigenvalue weighted by atomic mass is 9.78. The van der Waals surface area contributed by atoms with E-state index in [9.17, 15) is 4.79 Å². The van der Waals surface area contributed by atoms with Crippen molar-refractivity contribution >= 4 is 23.1 Å². The molecule has 0 spiro atoms. The minimum absolute atomic E-state index is 0.0162. The molecule has 1 N–H and O–H groups in total. The smallest absolute Gasteiger partial charge is 0.230 e. The monoisotopic (exact) mass is 435 g/mol. The fraction of sp³-hybridized carbons (Fsp3) is 0.556. The first kappa shape index (κ1) is 22.8. The molecule has 1 aromatic carbocycles. The Morgan fingerprint density at radius 3 is 2.69 bits per heavy atom. The van der Waals surface area contributed by atoms with Crippen molar-refractivity contribution in [2.75, 3.05) is 16.8 Å². The largest absolute Gasteiger partial charge is 0.374 e. The van der Waals surface area contributed by atoms with E-state index in [0.717, 1.165) is 65.8 Å². The van der Waals surface area contributed by atoms with Gasteiger partial charge in [0.05, 0.1) is 24.0 Å². The number of nitrogens with one attached hydrogen (secondary N) is 1. The van der Waals surface area contributed by atoms with Crippen LogP contribution in [0, 0.1) is 17.8 Å². The summed E-state index contributed by atoms with van der Waals surface area (Å²) >= 11 is 0. The average molecular weight is 436 g/mol. The minimum Gasteiger partial charge on any atom is -0.374 e. The molecule has 0 radical (unpaired) electrons. The zero-order valence-corrected chi connectivity index (χ0v) is 19.9. The van der Waals surface area contributed by atoms with Crippen LogP contribution in [0.25, 0.3) is 0 Å². The Kier molecular flexibility index (Phi) is 7.14. The van der Waals surface area contributed by atoms with Crippen molar-refractivity contribution in [3.63, 3.8) is 0 Å². The Balaban J connectivity index is 1.63. The molecular formula is C27H37N3O2. The van der Waals surface area contributed by atoms with Gasteiger partial charge in [-0.1, -0.05) is 26.0 Å². The number of ether oxygens (including phenoxy) is 1. The van der Waals surface area contributed by atoms with Gasteiger partial charge in [0.25, 0.3) is 0 Å². The molecule has 2 aliphatic rings. The van der Waals surface area contributed by atoms with Crippen LogP contribution in [-0.4, -0.2) is 17.5 Å². The van der Waals surface area contributed by atoms with E-state index in [-0.39, 0.29) is 17.9 Å². The number of anilines is 3. The number of hydrogen-bond acceptors (Lipinski definition) is 4. The van der Waals surface area contributed by atoms with Gasteiger partial charge in [0.2, 0.25) is 5.91 Å². The maximum absolute atomic E-state index is 13.9. The molecule has 1 amide bonds. The number of pyridine rings is 1. The van der Waals surface area contributed by atoms with E-state index in [2.05, 4.69) is 55.3 Å². The summed E-state index contributed by atoms with van der Waals surface area (Å²) in [7, 11) is 0. The third-order valence-electron chi connectivity index (χ3n) is 6.94. The van der Waals surface area contributed by atoms with E-state index in [1.54, 1.807) is 6.20 Å². The molecule has 1 saturated carbocycles. The number of hydrogen-bond donors (Lipinski definition) is 1. The number of amides is 1. The van der Waals surface area contributed by atoms with Crippen molar-refractivity contribution in [1.29, 1.82) is 0 Å². The predicted octanol–water partition coefficient (Wildman–Crippen LogP) is 6.62. The average Bonchev–Trinajstić information content (AvgIpc) is 2.95. The molecule has 0 bridgehead atoms. The molecule has 0 saturated heterocycles. The van der Waals surface area contributed by atoms with Crippen LogP contribution >= 0.6 is 0 Å². The Labute approximate surface area is 192 Å². The Morgan fingerprint density at radius 1 is 1.19 bits per heavy atom. The van der Waals surface area contributed by atoms with Crippen LogP contribution in [0.15, 0.2) is 36.5 Å². The van der Waals surface area contributed by atoms with Gasteiger partial charge >= 0.3 is 0 Å². The van der Waals surface area contributed by atoms with Crippen molar-refractivity contribution in [1.82, 2.24) is 4.98 Å². The number of fused-ring (bicyclic) bond motifs is 2. The lowest BCUT2D eigenvalue weighted by Crippen LogP contribution is -2.37. The fourth-order valence-corrected chi connectivity index (χ4v) is 5.27. The SMILES string of the molecule is CCOC(C)c1ccc2c(c1)N(C(=O)[C@H]1CC[C@H](CC(C)C)CC1)Cc1cccnc1N2. The highest BCUT2D eigenvalue weighted by Gasteiger charge is 2.33. The normalized spacial score (nSPS) is 21.3. The summed E-state index contributed by atoms with van der Waals surface area (Å²) in [5.41, 5.74) is 3.99. The van der Waals surface area contributed by atoms with E-state index < -0.39 is 0 Å². The Morgan fingerprint density at radius 2 is 1.97 bits per heavy atom. The highest BCUT2D eigenvalue weighted by molar-refractivity contribution is 5.99. The van der Waals surface area contributed by atoms with Gasteiger partial charge in [-0.05, 0) is 81.5 Å². The quantitative estimate of drug-likeness (QED) is 0.554. The number of benzene rings is 1. The van der Waals surface area contributed by atoms with E-state index in [0.29, 0.717) is 13.2 Å². The zero-order valence-electron chi connectivity index (χ0n) is 19.9. The maximum Gasteiger partial charge on any atom is 0.230 e. The van der Waals surface area contributed by atoms with Gasteiger partial charge < -0.3 is 15.0 Å². The summed E-state index contributed by atoms with van der Waals surface area (Å²) in [5.74, 6) is 2.66. The first-order valence-corrected chi connectivity index (χ1v) is 12.2. The summed E-state index contributed by atoms with van der Waals surface area (Å²) in [6.07, 6.45) is 7.35. The van der Waals surface area contributed by atoms with Crippen LogP contribution in [0.2, 0.25) is 0 Å². The van der Waals surface area contributed by atoms with Crippen molar-refractivity contribution in [2.45, 2.75) is 72.4 Å². The van der Waals surface area contributed by atoms with Gasteiger partial charge in [-0.25, -0.2) is 4.98 Å². The summed E-state index contributed by atoms with van der Waals surface area (Å²) in [6.45, 7) is 9.87. The number of carbonyl (C=O) groups excluding carboxylic acids is 1. The zero-order chi connectivity index (χ0) is 22.7. The maximum atomic E-state index is 13.9. The molecule has 1 aliphatic heterocycles. The van der Waals surface area contributed by atoms with Gasteiger partial charge in [-0.2, -0.15) is 0 Å². The molecule has 4 rings (SSSR count). The molecule has 5 heteroatoms. The summed E-state index contributed by atoms with van der Waals surface area (Å²) in [4.78, 5) is 20.4. The van der Waals surface area contributed by atoms with E-state index in [4.69, 9.17) is 4.74 Å². The topological polar surface area (TPSA) is 54.5 Å². The number of rotatable bonds is 6.